The summed E-state index contributed by atoms with van der Waals surface area (Å²) >= 11 is 3.41. The molecule has 2 aromatic heterocycles. The predicted molar refractivity (Wildman–Crippen MR) is 239 cm³/mol. The number of nitrogens with one attached hydrogen (secondary N) is 2. The highest BCUT2D eigenvalue weighted by molar-refractivity contribution is 8.01. The Hall–Kier alpha value is -4.20. The first kappa shape index (κ1) is 53.2. The van der Waals surface area contributed by atoms with Crippen LogP contribution in [0.1, 0.15) is 18.5 Å². The molecule has 20 N–H and O–H groups in total. The number of β-lactam (4-membered cyclic amide) rings is 1. The molecule has 0 radical (unpaired) electrons. The first-order valence-corrected chi connectivity index (χ1v) is 23.6. The number of thiazole rings is 1. The summed E-state index contributed by atoms with van der Waals surface area (Å²) in [6, 6.07) is -4.26. The number of rotatable bonds is 14. The van der Waals surface area contributed by atoms with Crippen LogP contribution in [0.4, 0.5) is 5.13 Å². The van der Waals surface area contributed by atoms with Gasteiger partial charge in [-0.1, -0.05) is 16.9 Å². The largest absolute Gasteiger partial charge is 0.477 e. The maximum absolute atomic E-state index is 12.9. The number of aliphatic carboxylic acids is 1. The first-order chi connectivity index (χ1) is 32.2. The van der Waals surface area contributed by atoms with E-state index in [0.29, 0.717) is 5.57 Å². The van der Waals surface area contributed by atoms with Crippen LogP contribution in [0, 0.1) is 0 Å². The summed E-state index contributed by atoms with van der Waals surface area (Å²) < 4.78 is 24.0. The standard InChI is InChI=1S/C18H18N8O7S3.C18H37N5O9/c1-25-18(22-12(28)13(29)23-25)36-4-6-3-34-15-9(14(30)26(15)10(6)16(31)32)21-11(27)8(24-33-2)7-5-35-17(19)20-7;19-3-9-8(25)2-7(22)17(29-9)31-15-5(20)1-6(21)16(14(15)28)32-18-13(27)11(23)12(26)10(4-24)30-18/h5,9,15H,3-4H2,1-2H3,(H2,19,20)(H,21,27)(H,23,29)(H,31,32);5-18,24-28H,1-4,19-23H2/b24-8-;/t9-,15-;5-,6+,7+,8-,9+,10+,11-,12+,13+,14-,15+,16-,17+,18+/m10/s1. The molecule has 6 heterocycles. The number of carbonyl (C=O) groups excluding carboxylic acids is 2. The highest BCUT2D eigenvalue weighted by Gasteiger charge is 2.55. The van der Waals surface area contributed by atoms with Crippen molar-refractivity contribution in [2.45, 2.75) is 115 Å². The molecule has 2 amide bonds. The van der Waals surface area contributed by atoms with Crippen LogP contribution in [-0.2, 0) is 45.2 Å². The molecule has 32 heteroatoms. The van der Waals surface area contributed by atoms with E-state index >= 15 is 0 Å². The fourth-order valence-corrected chi connectivity index (χ4v) is 10.8. The Bertz CT molecular complexity index is 2320. The van der Waals surface area contributed by atoms with Crippen molar-refractivity contribution in [3.63, 3.8) is 0 Å². The minimum atomic E-state index is -1.44. The Morgan fingerprint density at radius 1 is 0.985 bits per heavy atom. The number of aromatic amines is 1. The second kappa shape index (κ2) is 22.7. The number of oxime groups is 1. The van der Waals surface area contributed by atoms with Gasteiger partial charge in [0.15, 0.2) is 28.6 Å². The number of carbonyl (C=O) groups is 3. The summed E-state index contributed by atoms with van der Waals surface area (Å²) in [7, 11) is 2.74. The summed E-state index contributed by atoms with van der Waals surface area (Å²) in [4.78, 5) is 74.3. The van der Waals surface area contributed by atoms with Crippen molar-refractivity contribution in [1.29, 1.82) is 0 Å². The van der Waals surface area contributed by atoms with Crippen LogP contribution in [0.2, 0.25) is 0 Å². The maximum Gasteiger partial charge on any atom is 0.352 e. The Balaban J connectivity index is 0.000000226. The van der Waals surface area contributed by atoms with Gasteiger partial charge in [-0.15, -0.1) is 23.1 Å². The number of hydrogen-bond donors (Lipinski definition) is 14. The third kappa shape index (κ3) is 11.4. The lowest BCUT2D eigenvalue weighted by Gasteiger charge is -2.49. The molecule has 1 saturated carbocycles. The van der Waals surface area contributed by atoms with E-state index in [0.717, 1.165) is 28.0 Å². The number of nitrogens with zero attached hydrogens (tertiary/aromatic N) is 5. The van der Waals surface area contributed by atoms with Crippen molar-refractivity contribution in [3.05, 3.63) is 43.1 Å². The molecule has 0 unspecified atom stereocenters. The molecule has 29 nitrogen and oxygen atoms in total. The van der Waals surface area contributed by atoms with Crippen molar-refractivity contribution >= 4 is 63.5 Å². The molecule has 0 aromatic carbocycles. The van der Waals surface area contributed by atoms with Gasteiger partial charge in [-0.25, -0.2) is 9.78 Å². The Morgan fingerprint density at radius 3 is 2.25 bits per heavy atom. The zero-order valence-electron chi connectivity index (χ0n) is 36.2. The SMILES string of the molecule is CO/N=C(\C(=O)N[C@@H]1C(=O)N2C(C(=O)O)=C(CSc3nc(=O)c(=O)[nH]n3C)CS[C@H]12)c1csc(N)n1.NC[C@H]1O[C@H](O[C@H]2[C@H](O)[C@@H](O[C@H]3O[C@H](CO)[C@@H](O)[C@H](N)[C@H]3O)[C@H](N)C[C@@H]2N)[C@H](N)C[C@@H]1O. The van der Waals surface area contributed by atoms with Gasteiger partial charge >= 0.3 is 17.1 Å². The average Bonchev–Trinajstić information content (AvgIpc) is 3.73. The van der Waals surface area contributed by atoms with Crippen molar-refractivity contribution in [2.75, 3.05) is 37.5 Å². The number of aryl methyl sites for hydroxylation is 1. The van der Waals surface area contributed by atoms with E-state index in [1.165, 1.54) is 36.0 Å². The molecule has 0 bridgehead atoms. The number of amides is 2. The number of fused-ring (bicyclic) bond motifs is 1. The number of hydrogen-bond acceptors (Lipinski definition) is 27. The third-order valence-electron chi connectivity index (χ3n) is 11.4. The van der Waals surface area contributed by atoms with Crippen LogP contribution in [0.3, 0.4) is 0 Å². The molecule has 378 valence electrons. The van der Waals surface area contributed by atoms with Crippen LogP contribution < -0.4 is 50.8 Å². The van der Waals surface area contributed by atoms with Gasteiger partial charge in [0.2, 0.25) is 0 Å². The highest BCUT2D eigenvalue weighted by atomic mass is 32.2. The number of thioether (sulfide) groups is 2. The quantitative estimate of drug-likeness (QED) is 0.0275. The third-order valence-corrected chi connectivity index (χ3v) is 14.6. The number of nitrogens with two attached hydrogens (primary N) is 6. The average molecular weight is 1020 g/mol. The molecule has 16 atom stereocenters. The van der Waals surface area contributed by atoms with E-state index < -0.39 is 133 Å². The summed E-state index contributed by atoms with van der Waals surface area (Å²) in [6.07, 6.45) is -10.8. The molecule has 68 heavy (non-hydrogen) atoms. The summed E-state index contributed by atoms with van der Waals surface area (Å²) in [5.74, 6) is -2.30. The molecular formula is C36H55N13O16S3. The van der Waals surface area contributed by atoms with E-state index in [2.05, 4.69) is 25.5 Å². The number of aliphatic hydroxyl groups excluding tert-OH is 5. The fraction of sp³-hybridized carbons (Fsp3) is 0.667. The topological polar surface area (TPSA) is 483 Å². The molecule has 3 saturated heterocycles. The van der Waals surface area contributed by atoms with Gasteiger partial charge < -0.3 is 94.1 Å². The molecule has 4 fully saturated rings. The van der Waals surface area contributed by atoms with Gasteiger partial charge in [-0.05, 0) is 18.4 Å². The van der Waals surface area contributed by atoms with Crippen LogP contribution in [0.15, 0.2) is 36.6 Å². The normalized spacial score (nSPS) is 35.1. The molecule has 7 rings (SSSR count). The first-order valence-electron chi connectivity index (χ1n) is 20.7. The van der Waals surface area contributed by atoms with E-state index in [1.54, 1.807) is 0 Å². The zero-order valence-corrected chi connectivity index (χ0v) is 38.7. The number of aliphatic hydroxyl groups is 5. The number of carboxylic acids is 1. The second-order valence-corrected chi connectivity index (χ2v) is 19.0. The van der Waals surface area contributed by atoms with Crippen molar-refractivity contribution < 1.29 is 68.8 Å². The van der Waals surface area contributed by atoms with Crippen molar-refractivity contribution in [1.82, 2.24) is 30.0 Å². The van der Waals surface area contributed by atoms with Crippen molar-refractivity contribution in [3.8, 4) is 0 Å². The predicted octanol–water partition coefficient (Wildman–Crippen LogP) is -7.91. The van der Waals surface area contributed by atoms with E-state index in [-0.39, 0.29) is 58.3 Å². The lowest BCUT2D eigenvalue weighted by Crippen LogP contribution is -2.71. The number of carboxylic acid groups (broad SMARTS) is 1. The van der Waals surface area contributed by atoms with E-state index in [9.17, 15) is 54.6 Å². The molecule has 4 aliphatic heterocycles. The maximum atomic E-state index is 12.9. The number of H-pyrrole nitrogens is 1. The molecule has 2 aromatic rings. The van der Waals surface area contributed by atoms with Crippen molar-refractivity contribution in [2.24, 2.45) is 40.9 Å². The summed E-state index contributed by atoms with van der Waals surface area (Å²) in [6.45, 7) is -0.499. The molecule has 5 aliphatic rings. The summed E-state index contributed by atoms with van der Waals surface area (Å²) in [5.41, 5.74) is 33.8. The molecular weight excluding hydrogens is 967 g/mol. The number of aromatic nitrogens is 4. The van der Waals surface area contributed by atoms with E-state index in [4.69, 9.17) is 58.2 Å². The van der Waals surface area contributed by atoms with Crippen LogP contribution in [0.5, 0.6) is 0 Å². The van der Waals surface area contributed by atoms with Gasteiger partial charge in [-0.3, -0.25) is 33.9 Å². The number of anilines is 1. The van der Waals surface area contributed by atoms with E-state index in [1.807, 2.05) is 0 Å². The fourth-order valence-electron chi connectivity index (χ4n) is 7.87. The smallest absolute Gasteiger partial charge is 0.352 e. The van der Waals surface area contributed by atoms with Gasteiger partial charge in [0.25, 0.3) is 11.8 Å². The monoisotopic (exact) mass is 1020 g/mol. The van der Waals surface area contributed by atoms with Gasteiger partial charge in [-0.2, -0.15) is 4.98 Å². The minimum absolute atomic E-state index is 0.0542. The molecule has 1 aliphatic carbocycles. The highest BCUT2D eigenvalue weighted by Crippen LogP contribution is 2.41. The van der Waals surface area contributed by atoms with Crippen LogP contribution >= 0.6 is 34.9 Å². The Kier molecular flexibility index (Phi) is 17.7. The van der Waals surface area contributed by atoms with Gasteiger partial charge in [0, 0.05) is 42.6 Å². The lowest BCUT2D eigenvalue weighted by atomic mass is 9.84. The van der Waals surface area contributed by atoms with Gasteiger partial charge in [0.05, 0.1) is 30.9 Å². The lowest BCUT2D eigenvalue weighted by molar-refractivity contribution is -0.314. The number of nitrogen functional groups attached to an aromatic ring is 1. The number of ether oxygens (including phenoxy) is 4. The van der Waals surface area contributed by atoms with Crippen LogP contribution in [0.25, 0.3) is 0 Å². The summed E-state index contributed by atoms with van der Waals surface area (Å²) in [5, 5.41) is 70.4. The Morgan fingerprint density at radius 2 is 1.65 bits per heavy atom. The Labute approximate surface area is 397 Å². The van der Waals surface area contributed by atoms with Gasteiger partial charge in [0.1, 0.15) is 66.5 Å². The minimum Gasteiger partial charge on any atom is -0.477 e. The second-order valence-electron chi connectivity index (χ2n) is 16.1. The van der Waals surface area contributed by atoms with Crippen LogP contribution in [-0.4, -0.2) is 208 Å². The molecule has 0 spiro atoms. The zero-order chi connectivity index (χ0) is 49.9.